The van der Waals surface area contributed by atoms with Gasteiger partial charge in [0.25, 0.3) is 0 Å². The Kier molecular flexibility index (Phi) is 7.63. The van der Waals surface area contributed by atoms with Gasteiger partial charge in [-0.2, -0.15) is 0 Å². The third-order valence-electron chi connectivity index (χ3n) is 6.53. The van der Waals surface area contributed by atoms with E-state index in [-0.39, 0.29) is 23.5 Å². The molecule has 2 aliphatic heterocycles. The zero-order chi connectivity index (χ0) is 23.3. The van der Waals surface area contributed by atoms with Crippen molar-refractivity contribution in [3.8, 4) is 0 Å². The molecule has 7 heteroatoms. The summed E-state index contributed by atoms with van der Waals surface area (Å²) in [5.74, 6) is 0.0412. The van der Waals surface area contributed by atoms with Crippen LogP contribution in [0.4, 0.5) is 0 Å². The summed E-state index contributed by atoms with van der Waals surface area (Å²) < 4.78 is 29.4. The van der Waals surface area contributed by atoms with E-state index in [4.69, 9.17) is 4.74 Å². The lowest BCUT2D eigenvalue weighted by Gasteiger charge is -2.29. The lowest BCUT2D eigenvalue weighted by atomic mass is 9.94. The van der Waals surface area contributed by atoms with Crippen LogP contribution in [0.5, 0.6) is 0 Å². The molecule has 2 aromatic rings. The fourth-order valence-corrected chi connectivity index (χ4v) is 6.44. The van der Waals surface area contributed by atoms with Gasteiger partial charge in [0.1, 0.15) is 0 Å². The highest BCUT2D eigenvalue weighted by molar-refractivity contribution is 7.91. The zero-order valence-electron chi connectivity index (χ0n) is 19.2. The molecule has 4 rings (SSSR count). The van der Waals surface area contributed by atoms with Crippen LogP contribution in [0.1, 0.15) is 28.7 Å². The van der Waals surface area contributed by atoms with E-state index in [0.717, 1.165) is 43.8 Å². The molecule has 0 aliphatic carbocycles. The van der Waals surface area contributed by atoms with E-state index in [1.807, 2.05) is 42.5 Å². The number of fused-ring (bicyclic) bond motifs is 1. The first-order valence-electron chi connectivity index (χ1n) is 11.5. The number of amides is 1. The molecule has 2 aliphatic rings. The second kappa shape index (κ2) is 10.6. The Bertz CT molecular complexity index is 1100. The molecule has 2 heterocycles. The Morgan fingerprint density at radius 2 is 2.00 bits per heavy atom. The first-order valence-corrected chi connectivity index (χ1v) is 13.3. The number of ether oxygens (including phenoxy) is 1. The topological polar surface area (TPSA) is 66.9 Å². The van der Waals surface area contributed by atoms with Crippen molar-refractivity contribution >= 4 is 21.8 Å². The normalized spacial score (nSPS) is 20.1. The van der Waals surface area contributed by atoms with E-state index in [1.54, 1.807) is 18.1 Å². The van der Waals surface area contributed by atoms with E-state index in [1.165, 1.54) is 11.1 Å². The molecule has 0 bridgehead atoms. The average Bonchev–Trinajstić information content (AvgIpc) is 3.19. The minimum atomic E-state index is -3.09. The van der Waals surface area contributed by atoms with E-state index < -0.39 is 9.84 Å². The van der Waals surface area contributed by atoms with Crippen LogP contribution in [0.2, 0.25) is 0 Å². The maximum atomic E-state index is 13.3. The molecule has 6 nitrogen and oxygen atoms in total. The van der Waals surface area contributed by atoms with E-state index in [2.05, 4.69) is 17.0 Å². The second-order valence-electron chi connectivity index (χ2n) is 8.85. The SMILES string of the molecule is COCCN1CCc2c(/C=C/C(=O)N(Cc3ccccc3)C3CCS(=O)(=O)C3)cccc2C1. The van der Waals surface area contributed by atoms with Gasteiger partial charge in [0.05, 0.1) is 18.1 Å². The molecule has 0 aromatic heterocycles. The van der Waals surface area contributed by atoms with Gasteiger partial charge in [0.2, 0.25) is 5.91 Å². The van der Waals surface area contributed by atoms with Crippen LogP contribution < -0.4 is 0 Å². The zero-order valence-corrected chi connectivity index (χ0v) is 20.0. The van der Waals surface area contributed by atoms with Crippen LogP contribution in [-0.4, -0.2) is 68.5 Å². The van der Waals surface area contributed by atoms with Crippen LogP contribution >= 0.6 is 0 Å². The van der Waals surface area contributed by atoms with E-state index in [0.29, 0.717) is 13.0 Å². The quantitative estimate of drug-likeness (QED) is 0.558. The summed E-state index contributed by atoms with van der Waals surface area (Å²) in [6.45, 7) is 3.89. The highest BCUT2D eigenvalue weighted by Crippen LogP contribution is 2.25. The Balaban J connectivity index is 1.52. The number of nitrogens with zero attached hydrogens (tertiary/aromatic N) is 2. The van der Waals surface area contributed by atoms with Crippen molar-refractivity contribution < 1.29 is 17.9 Å². The van der Waals surface area contributed by atoms with Crippen molar-refractivity contribution in [2.24, 2.45) is 0 Å². The fourth-order valence-electron chi connectivity index (χ4n) is 4.71. The van der Waals surface area contributed by atoms with Gasteiger partial charge in [-0.3, -0.25) is 9.69 Å². The standard InChI is InChI=1S/C26H32N2O4S/c1-32-16-15-27-14-12-25-22(8-5-9-23(25)19-27)10-11-26(29)28(18-21-6-3-2-4-7-21)24-13-17-33(30,31)20-24/h2-11,24H,12-20H2,1H3/b11-10+. The summed E-state index contributed by atoms with van der Waals surface area (Å²) in [5.41, 5.74) is 4.63. The van der Waals surface area contributed by atoms with Crippen LogP contribution in [0.25, 0.3) is 6.08 Å². The highest BCUT2D eigenvalue weighted by Gasteiger charge is 2.34. The van der Waals surface area contributed by atoms with Crippen molar-refractivity contribution in [3.05, 3.63) is 76.9 Å². The number of hydrogen-bond acceptors (Lipinski definition) is 5. The predicted molar refractivity (Wildman–Crippen MR) is 130 cm³/mol. The lowest BCUT2D eigenvalue weighted by Crippen LogP contribution is -2.39. The fraction of sp³-hybridized carbons (Fsp3) is 0.423. The molecular formula is C26H32N2O4S. The van der Waals surface area contributed by atoms with Gasteiger partial charge >= 0.3 is 0 Å². The van der Waals surface area contributed by atoms with Gasteiger partial charge < -0.3 is 9.64 Å². The summed E-state index contributed by atoms with van der Waals surface area (Å²) in [6, 6.07) is 15.7. The Morgan fingerprint density at radius 1 is 1.18 bits per heavy atom. The van der Waals surface area contributed by atoms with Gasteiger partial charge in [-0.05, 0) is 41.2 Å². The summed E-state index contributed by atoms with van der Waals surface area (Å²) in [7, 11) is -1.37. The maximum absolute atomic E-state index is 13.3. The third kappa shape index (κ3) is 6.10. The predicted octanol–water partition coefficient (Wildman–Crippen LogP) is 2.92. The van der Waals surface area contributed by atoms with Gasteiger partial charge in [0, 0.05) is 45.4 Å². The number of carbonyl (C=O) groups is 1. The van der Waals surface area contributed by atoms with Gasteiger partial charge in [0.15, 0.2) is 9.84 Å². The number of sulfone groups is 1. The third-order valence-corrected chi connectivity index (χ3v) is 8.28. The molecular weight excluding hydrogens is 436 g/mol. The van der Waals surface area contributed by atoms with Crippen LogP contribution in [0.3, 0.4) is 0 Å². The van der Waals surface area contributed by atoms with Crippen LogP contribution in [0.15, 0.2) is 54.6 Å². The van der Waals surface area contributed by atoms with Crippen LogP contribution in [-0.2, 0) is 38.9 Å². The Labute approximate surface area is 196 Å². The van der Waals surface area contributed by atoms with Crippen molar-refractivity contribution in [1.82, 2.24) is 9.80 Å². The van der Waals surface area contributed by atoms with Crippen molar-refractivity contribution in [1.29, 1.82) is 0 Å². The lowest BCUT2D eigenvalue weighted by molar-refractivity contribution is -0.128. The highest BCUT2D eigenvalue weighted by atomic mass is 32.2. The maximum Gasteiger partial charge on any atom is 0.247 e. The van der Waals surface area contributed by atoms with Gasteiger partial charge in [-0.1, -0.05) is 48.5 Å². The molecule has 176 valence electrons. The van der Waals surface area contributed by atoms with Crippen molar-refractivity contribution in [2.45, 2.75) is 32.0 Å². The molecule has 33 heavy (non-hydrogen) atoms. The molecule has 0 radical (unpaired) electrons. The summed E-state index contributed by atoms with van der Waals surface area (Å²) in [5, 5.41) is 0. The van der Waals surface area contributed by atoms with E-state index in [9.17, 15) is 13.2 Å². The molecule has 0 saturated carbocycles. The number of carbonyl (C=O) groups excluding carboxylic acids is 1. The number of methoxy groups -OCH3 is 1. The molecule has 0 spiro atoms. The molecule has 1 fully saturated rings. The molecule has 2 aromatic carbocycles. The van der Waals surface area contributed by atoms with Gasteiger partial charge in [-0.15, -0.1) is 0 Å². The largest absolute Gasteiger partial charge is 0.383 e. The average molecular weight is 469 g/mol. The molecule has 1 saturated heterocycles. The molecule has 1 amide bonds. The summed E-state index contributed by atoms with van der Waals surface area (Å²) in [4.78, 5) is 17.4. The number of hydrogen-bond donors (Lipinski definition) is 0. The molecule has 1 atom stereocenters. The Hall–Kier alpha value is -2.48. The van der Waals surface area contributed by atoms with Gasteiger partial charge in [-0.25, -0.2) is 8.42 Å². The Morgan fingerprint density at radius 3 is 2.73 bits per heavy atom. The number of benzene rings is 2. The monoisotopic (exact) mass is 468 g/mol. The van der Waals surface area contributed by atoms with Crippen molar-refractivity contribution in [3.63, 3.8) is 0 Å². The van der Waals surface area contributed by atoms with E-state index >= 15 is 0 Å². The molecule has 0 N–H and O–H groups in total. The molecule has 1 unspecified atom stereocenters. The van der Waals surface area contributed by atoms with Crippen molar-refractivity contribution in [2.75, 3.05) is 38.3 Å². The minimum absolute atomic E-state index is 0.0391. The summed E-state index contributed by atoms with van der Waals surface area (Å²) in [6.07, 6.45) is 4.93. The first kappa shape index (κ1) is 23.7. The minimum Gasteiger partial charge on any atom is -0.383 e. The second-order valence-corrected chi connectivity index (χ2v) is 11.1. The summed E-state index contributed by atoms with van der Waals surface area (Å²) >= 11 is 0. The smallest absolute Gasteiger partial charge is 0.247 e. The van der Waals surface area contributed by atoms with Crippen LogP contribution in [0, 0.1) is 0 Å². The first-order chi connectivity index (χ1) is 15.9. The number of rotatable bonds is 8.